The predicted molar refractivity (Wildman–Crippen MR) is 112 cm³/mol. The van der Waals surface area contributed by atoms with Crippen molar-refractivity contribution in [2.75, 3.05) is 13.2 Å². The SMILES string of the molecule is N#CCNC(=O)O.O=c1ccc(OC[C@@H]2CC[C@@H](S(=O)(=O)c3ccccc3Cl)C2)n[nH]1. The van der Waals surface area contributed by atoms with Crippen molar-refractivity contribution in [3.8, 4) is 11.9 Å². The Morgan fingerprint density at radius 1 is 1.32 bits per heavy atom. The number of carbonyl (C=O) groups is 1. The second-order valence-corrected chi connectivity index (χ2v) is 9.27. The Bertz CT molecular complexity index is 1080. The Hall–Kier alpha value is -3.10. The van der Waals surface area contributed by atoms with Crippen LogP contribution in [0.25, 0.3) is 0 Å². The molecule has 2 aromatic rings. The smallest absolute Gasteiger partial charge is 0.405 e. The van der Waals surface area contributed by atoms with E-state index in [-0.39, 0.29) is 27.9 Å². The van der Waals surface area contributed by atoms with Gasteiger partial charge in [0.1, 0.15) is 6.54 Å². The highest BCUT2D eigenvalue weighted by Gasteiger charge is 2.36. The third-order valence-corrected chi connectivity index (χ3v) is 7.23. The first-order valence-electron chi connectivity index (χ1n) is 9.24. The molecule has 0 saturated heterocycles. The van der Waals surface area contributed by atoms with Gasteiger partial charge >= 0.3 is 6.09 Å². The Morgan fingerprint density at radius 2 is 2.06 bits per heavy atom. The number of aromatic amines is 1. The zero-order chi connectivity index (χ0) is 22.9. The third-order valence-electron chi connectivity index (χ3n) is 4.51. The quantitative estimate of drug-likeness (QED) is 0.543. The van der Waals surface area contributed by atoms with E-state index in [1.54, 1.807) is 30.3 Å². The molecule has 3 N–H and O–H groups in total. The van der Waals surface area contributed by atoms with Gasteiger partial charge in [0.25, 0.3) is 5.56 Å². The molecule has 0 bridgehead atoms. The molecule has 1 aromatic carbocycles. The summed E-state index contributed by atoms with van der Waals surface area (Å²) in [6.07, 6.45) is 0.705. The number of halogens is 1. The fourth-order valence-corrected chi connectivity index (χ4v) is 5.45. The first-order chi connectivity index (χ1) is 14.7. The molecule has 12 heteroatoms. The molecule has 1 saturated carbocycles. The van der Waals surface area contributed by atoms with Crippen LogP contribution in [-0.4, -0.2) is 48.2 Å². The van der Waals surface area contributed by atoms with Gasteiger partial charge in [0.2, 0.25) is 5.88 Å². The first kappa shape index (κ1) is 24.2. The van der Waals surface area contributed by atoms with Crippen LogP contribution in [0.4, 0.5) is 4.79 Å². The van der Waals surface area contributed by atoms with E-state index in [0.29, 0.717) is 25.3 Å². The van der Waals surface area contributed by atoms with Crippen molar-refractivity contribution in [3.05, 3.63) is 51.8 Å². The van der Waals surface area contributed by atoms with E-state index in [1.165, 1.54) is 12.1 Å². The van der Waals surface area contributed by atoms with Gasteiger partial charge in [0.05, 0.1) is 27.8 Å². The summed E-state index contributed by atoms with van der Waals surface area (Å²) in [5.74, 6) is 0.452. The number of benzene rings is 1. The molecular formula is C19H21ClN4O6S. The van der Waals surface area contributed by atoms with E-state index in [1.807, 2.05) is 5.32 Å². The molecular weight excluding hydrogens is 448 g/mol. The fraction of sp³-hybridized carbons (Fsp3) is 0.368. The monoisotopic (exact) mass is 468 g/mol. The average molecular weight is 469 g/mol. The summed E-state index contributed by atoms with van der Waals surface area (Å²) in [6.45, 7) is 0.225. The number of carboxylic acid groups (broad SMARTS) is 1. The van der Waals surface area contributed by atoms with Crippen LogP contribution in [0.5, 0.6) is 5.88 Å². The lowest BCUT2D eigenvalue weighted by Gasteiger charge is -2.14. The second kappa shape index (κ2) is 11.3. The Labute approximate surface area is 183 Å². The van der Waals surface area contributed by atoms with Crippen molar-refractivity contribution >= 4 is 27.5 Å². The highest BCUT2D eigenvalue weighted by molar-refractivity contribution is 7.92. The summed E-state index contributed by atoms with van der Waals surface area (Å²) in [5, 5.41) is 23.2. The van der Waals surface area contributed by atoms with E-state index < -0.39 is 21.2 Å². The molecule has 1 aromatic heterocycles. The van der Waals surface area contributed by atoms with Crippen LogP contribution in [0.2, 0.25) is 5.02 Å². The van der Waals surface area contributed by atoms with Crippen LogP contribution in [-0.2, 0) is 9.84 Å². The maximum absolute atomic E-state index is 12.7. The summed E-state index contributed by atoms with van der Waals surface area (Å²) < 4.78 is 31.0. The highest BCUT2D eigenvalue weighted by atomic mass is 35.5. The Kier molecular flexibility index (Phi) is 8.84. The van der Waals surface area contributed by atoms with Gasteiger partial charge < -0.3 is 15.2 Å². The molecule has 10 nitrogen and oxygen atoms in total. The number of nitrogens with zero attached hydrogens (tertiary/aromatic N) is 2. The zero-order valence-electron chi connectivity index (χ0n) is 16.3. The maximum Gasteiger partial charge on any atom is 0.405 e. The minimum atomic E-state index is -3.44. The van der Waals surface area contributed by atoms with Gasteiger partial charge in [-0.1, -0.05) is 23.7 Å². The number of H-pyrrole nitrogens is 1. The molecule has 0 spiro atoms. The third kappa shape index (κ3) is 7.27. The number of nitriles is 1. The van der Waals surface area contributed by atoms with Crippen molar-refractivity contribution in [1.82, 2.24) is 15.5 Å². The molecule has 3 rings (SSSR count). The number of nitrogens with one attached hydrogen (secondary N) is 2. The molecule has 1 fully saturated rings. The topological polar surface area (TPSA) is 162 Å². The van der Waals surface area contributed by atoms with E-state index in [9.17, 15) is 18.0 Å². The number of ether oxygens (including phenoxy) is 1. The molecule has 0 unspecified atom stereocenters. The average Bonchev–Trinajstić information content (AvgIpc) is 3.22. The van der Waals surface area contributed by atoms with E-state index in [4.69, 9.17) is 26.7 Å². The number of rotatable bonds is 6. The Morgan fingerprint density at radius 3 is 2.65 bits per heavy atom. The van der Waals surface area contributed by atoms with Crippen molar-refractivity contribution in [2.45, 2.75) is 29.4 Å². The van der Waals surface area contributed by atoms with Crippen LogP contribution in [0.1, 0.15) is 19.3 Å². The number of hydrogen-bond acceptors (Lipinski definition) is 7. The first-order valence-corrected chi connectivity index (χ1v) is 11.2. The molecule has 1 aliphatic carbocycles. The van der Waals surface area contributed by atoms with Crippen molar-refractivity contribution in [2.24, 2.45) is 5.92 Å². The van der Waals surface area contributed by atoms with Gasteiger partial charge in [-0.2, -0.15) is 5.26 Å². The molecule has 2 atom stereocenters. The number of amides is 1. The standard InChI is InChI=1S/C16H17ClN2O4S.C3H4N2O2/c17-13-3-1-2-4-14(13)24(21,22)12-6-5-11(9-12)10-23-16-8-7-15(20)18-19-16;4-1-2-5-3(6)7/h1-4,7-8,11-12H,5-6,9-10H2,(H,18,20);5H,2H2,(H,6,7)/t11-,12-;/m1./s1. The van der Waals surface area contributed by atoms with Crippen LogP contribution in [0.15, 0.2) is 46.1 Å². The minimum Gasteiger partial charge on any atom is -0.476 e. The summed E-state index contributed by atoms with van der Waals surface area (Å²) in [7, 11) is -3.44. The van der Waals surface area contributed by atoms with E-state index in [0.717, 1.165) is 6.42 Å². The second-order valence-electron chi connectivity index (χ2n) is 6.66. The van der Waals surface area contributed by atoms with Gasteiger partial charge in [-0.25, -0.2) is 18.3 Å². The number of sulfone groups is 1. The van der Waals surface area contributed by atoms with E-state index >= 15 is 0 Å². The largest absolute Gasteiger partial charge is 0.476 e. The molecule has 166 valence electrons. The molecule has 0 aliphatic heterocycles. The van der Waals surface area contributed by atoms with Crippen LogP contribution < -0.4 is 15.6 Å². The predicted octanol–water partition coefficient (Wildman–Crippen LogP) is 2.22. The molecule has 31 heavy (non-hydrogen) atoms. The maximum atomic E-state index is 12.7. The lowest BCUT2D eigenvalue weighted by atomic mass is 10.1. The van der Waals surface area contributed by atoms with Crippen LogP contribution >= 0.6 is 11.6 Å². The fourth-order valence-electron chi connectivity index (χ4n) is 3.05. The summed E-state index contributed by atoms with van der Waals surface area (Å²) in [4.78, 5) is 20.6. The van der Waals surface area contributed by atoms with Gasteiger partial charge in [0, 0.05) is 12.1 Å². The van der Waals surface area contributed by atoms with Gasteiger partial charge in [-0.15, -0.1) is 5.10 Å². The van der Waals surface area contributed by atoms with Crippen LogP contribution in [0, 0.1) is 17.2 Å². The van der Waals surface area contributed by atoms with Crippen LogP contribution in [0.3, 0.4) is 0 Å². The van der Waals surface area contributed by atoms with Crippen molar-refractivity contribution < 1.29 is 23.1 Å². The molecule has 0 radical (unpaired) electrons. The van der Waals surface area contributed by atoms with Gasteiger partial charge in [-0.05, 0) is 37.3 Å². The number of hydrogen-bond donors (Lipinski definition) is 3. The van der Waals surface area contributed by atoms with Gasteiger partial charge in [-0.3, -0.25) is 4.79 Å². The van der Waals surface area contributed by atoms with Crippen molar-refractivity contribution in [3.63, 3.8) is 0 Å². The minimum absolute atomic E-state index is 0.126. The van der Waals surface area contributed by atoms with Gasteiger partial charge in [0.15, 0.2) is 9.84 Å². The lowest BCUT2D eigenvalue weighted by molar-refractivity contribution is 0.196. The Balaban J connectivity index is 0.000000423. The molecule has 1 amide bonds. The lowest BCUT2D eigenvalue weighted by Crippen LogP contribution is -2.20. The highest BCUT2D eigenvalue weighted by Crippen LogP contribution is 2.36. The van der Waals surface area contributed by atoms with Crippen molar-refractivity contribution in [1.29, 1.82) is 5.26 Å². The molecule has 1 heterocycles. The summed E-state index contributed by atoms with van der Waals surface area (Å²) in [5.41, 5.74) is -0.297. The summed E-state index contributed by atoms with van der Waals surface area (Å²) in [6, 6.07) is 11.0. The van der Waals surface area contributed by atoms with E-state index in [2.05, 4.69) is 10.2 Å². The summed E-state index contributed by atoms with van der Waals surface area (Å²) >= 11 is 6.04. The number of aromatic nitrogens is 2. The molecule has 1 aliphatic rings. The normalized spacial score (nSPS) is 17.7. The zero-order valence-corrected chi connectivity index (χ0v) is 17.9.